The van der Waals surface area contributed by atoms with E-state index < -0.39 is 0 Å². The molecule has 1 heterocycles. The Morgan fingerprint density at radius 1 is 2.00 bits per heavy atom. The van der Waals surface area contributed by atoms with Crippen LogP contribution in [0.15, 0.2) is 11.5 Å². The van der Waals surface area contributed by atoms with E-state index in [1.807, 2.05) is 0 Å². The largest absolute Gasteiger partial charge is 0.292 e. The summed E-state index contributed by atoms with van der Waals surface area (Å²) in [5, 5.41) is 3.10. The standard InChI is InChI=1S/C5H7NOS2/c1-4-2-6-5(9-4)8-3-7/h3,5-6H,1-2H2. The highest BCUT2D eigenvalue weighted by Crippen LogP contribution is 2.30. The summed E-state index contributed by atoms with van der Waals surface area (Å²) in [6.07, 6.45) is 0. The minimum atomic E-state index is 0.204. The molecule has 0 aromatic heterocycles. The zero-order chi connectivity index (χ0) is 6.69. The lowest BCUT2D eigenvalue weighted by Gasteiger charge is -1.99. The topological polar surface area (TPSA) is 29.1 Å². The van der Waals surface area contributed by atoms with Crippen LogP contribution in [0.4, 0.5) is 0 Å². The van der Waals surface area contributed by atoms with Crippen LogP contribution >= 0.6 is 23.5 Å². The number of hydrogen-bond donors (Lipinski definition) is 1. The van der Waals surface area contributed by atoms with Gasteiger partial charge in [-0.25, -0.2) is 0 Å². The van der Waals surface area contributed by atoms with E-state index >= 15 is 0 Å². The van der Waals surface area contributed by atoms with Crippen molar-refractivity contribution in [2.45, 2.75) is 4.71 Å². The van der Waals surface area contributed by atoms with E-state index in [1.165, 1.54) is 11.8 Å². The second kappa shape index (κ2) is 3.29. The minimum absolute atomic E-state index is 0.204. The molecule has 1 saturated heterocycles. The highest BCUT2D eigenvalue weighted by Gasteiger charge is 2.16. The molecule has 2 nitrogen and oxygen atoms in total. The maximum Gasteiger partial charge on any atom is 0.178 e. The molecule has 0 aromatic carbocycles. The lowest BCUT2D eigenvalue weighted by Crippen LogP contribution is -2.15. The molecule has 9 heavy (non-hydrogen) atoms. The van der Waals surface area contributed by atoms with Crippen LogP contribution in [0.5, 0.6) is 0 Å². The van der Waals surface area contributed by atoms with Crippen LogP contribution in [0.25, 0.3) is 0 Å². The molecule has 0 spiro atoms. The number of carbonyl (C=O) groups excluding carboxylic acids is 1. The molecule has 1 rings (SSSR count). The van der Waals surface area contributed by atoms with Gasteiger partial charge >= 0.3 is 0 Å². The maximum absolute atomic E-state index is 9.95. The Morgan fingerprint density at radius 2 is 2.78 bits per heavy atom. The van der Waals surface area contributed by atoms with Crippen molar-refractivity contribution in [3.8, 4) is 0 Å². The van der Waals surface area contributed by atoms with E-state index in [0.717, 1.165) is 17.1 Å². The van der Waals surface area contributed by atoms with Crippen molar-refractivity contribution in [2.75, 3.05) is 6.54 Å². The summed E-state index contributed by atoms with van der Waals surface area (Å²) in [5.41, 5.74) is 0.850. The second-order valence-electron chi connectivity index (χ2n) is 1.60. The van der Waals surface area contributed by atoms with Gasteiger partial charge in [0.05, 0.1) is 0 Å². The number of thioether (sulfide) groups is 2. The molecule has 50 valence electrons. The quantitative estimate of drug-likeness (QED) is 0.613. The molecule has 1 fully saturated rings. The van der Waals surface area contributed by atoms with Crippen LogP contribution in [-0.2, 0) is 4.79 Å². The van der Waals surface area contributed by atoms with Gasteiger partial charge in [-0.3, -0.25) is 10.1 Å². The average Bonchev–Trinajstić information content (AvgIpc) is 2.17. The molecule has 1 N–H and O–H groups in total. The van der Waals surface area contributed by atoms with Crippen LogP contribution in [0, 0.1) is 0 Å². The molecule has 1 atom stereocenters. The first-order valence-corrected chi connectivity index (χ1v) is 4.32. The molecule has 1 aliphatic rings. The third-order valence-corrected chi connectivity index (χ3v) is 2.92. The fourth-order valence-corrected chi connectivity index (χ4v) is 2.24. The van der Waals surface area contributed by atoms with E-state index in [4.69, 9.17) is 0 Å². The van der Waals surface area contributed by atoms with Crippen LogP contribution < -0.4 is 5.32 Å². The van der Waals surface area contributed by atoms with Crippen molar-refractivity contribution in [1.29, 1.82) is 0 Å². The molecule has 0 aromatic rings. The molecule has 0 saturated carbocycles. The van der Waals surface area contributed by atoms with Gasteiger partial charge in [0.15, 0.2) is 5.62 Å². The first kappa shape index (κ1) is 7.18. The summed E-state index contributed by atoms with van der Waals surface area (Å²) >= 11 is 2.87. The normalized spacial score (nSPS) is 26.7. The van der Waals surface area contributed by atoms with Crippen LogP contribution in [0.3, 0.4) is 0 Å². The molecular weight excluding hydrogens is 154 g/mol. The summed E-state index contributed by atoms with van der Waals surface area (Å²) in [6, 6.07) is 0. The lowest BCUT2D eigenvalue weighted by atomic mass is 10.6. The van der Waals surface area contributed by atoms with Crippen molar-refractivity contribution in [3.05, 3.63) is 11.5 Å². The predicted molar refractivity (Wildman–Crippen MR) is 42.9 cm³/mol. The number of nitrogens with one attached hydrogen (secondary N) is 1. The fraction of sp³-hybridized carbons (Fsp3) is 0.400. The molecule has 0 bridgehead atoms. The Morgan fingerprint density at radius 3 is 3.22 bits per heavy atom. The summed E-state index contributed by atoms with van der Waals surface area (Å²) in [4.78, 5) is 11.1. The fourth-order valence-electron chi connectivity index (χ4n) is 0.558. The minimum Gasteiger partial charge on any atom is -0.292 e. The zero-order valence-electron chi connectivity index (χ0n) is 4.79. The van der Waals surface area contributed by atoms with Gasteiger partial charge in [-0.05, 0) is 4.91 Å². The van der Waals surface area contributed by atoms with E-state index in [-0.39, 0.29) is 4.71 Å². The van der Waals surface area contributed by atoms with Gasteiger partial charge in [0.2, 0.25) is 0 Å². The zero-order valence-corrected chi connectivity index (χ0v) is 6.43. The smallest absolute Gasteiger partial charge is 0.178 e. The summed E-state index contributed by atoms with van der Waals surface area (Å²) < 4.78 is 0.204. The molecular formula is C5H7NOS2. The van der Waals surface area contributed by atoms with Gasteiger partial charge in [-0.2, -0.15) is 0 Å². The Hall–Kier alpha value is 0.0700. The number of rotatable bonds is 2. The summed E-state index contributed by atoms with van der Waals surface area (Å²) in [5.74, 6) is 0. The molecule has 1 aliphatic heterocycles. The second-order valence-corrected chi connectivity index (χ2v) is 4.12. The van der Waals surface area contributed by atoms with Gasteiger partial charge in [-0.15, -0.1) is 0 Å². The molecule has 0 radical (unpaired) electrons. The predicted octanol–water partition coefficient (Wildman–Crippen LogP) is 1.04. The SMILES string of the molecule is C=C1CNC(SC=O)S1. The number of carbonyl (C=O) groups is 1. The summed E-state index contributed by atoms with van der Waals surface area (Å²) in [6.45, 7) is 4.59. The van der Waals surface area contributed by atoms with Crippen LogP contribution in [0.1, 0.15) is 0 Å². The Bertz CT molecular complexity index is 137. The first-order valence-electron chi connectivity index (χ1n) is 2.50. The monoisotopic (exact) mass is 161 g/mol. The van der Waals surface area contributed by atoms with Crippen molar-refractivity contribution in [2.24, 2.45) is 0 Å². The Labute approximate surface area is 62.5 Å². The summed E-state index contributed by atoms with van der Waals surface area (Å²) in [7, 11) is 0. The molecule has 4 heteroatoms. The van der Waals surface area contributed by atoms with Crippen molar-refractivity contribution >= 4 is 29.1 Å². The molecule has 1 unspecified atom stereocenters. The van der Waals surface area contributed by atoms with Crippen LogP contribution in [0.2, 0.25) is 0 Å². The highest BCUT2D eigenvalue weighted by atomic mass is 32.2. The van der Waals surface area contributed by atoms with Gasteiger partial charge in [0, 0.05) is 6.54 Å². The van der Waals surface area contributed by atoms with Crippen molar-refractivity contribution in [3.63, 3.8) is 0 Å². The third kappa shape index (κ3) is 2.04. The third-order valence-electron chi connectivity index (χ3n) is 0.919. The highest BCUT2D eigenvalue weighted by molar-refractivity contribution is 8.25. The van der Waals surface area contributed by atoms with E-state index in [2.05, 4.69) is 11.9 Å². The molecule has 0 aliphatic carbocycles. The van der Waals surface area contributed by atoms with Crippen molar-refractivity contribution < 1.29 is 4.79 Å². The number of hydrogen-bond acceptors (Lipinski definition) is 4. The first-order chi connectivity index (χ1) is 4.33. The lowest BCUT2D eigenvalue weighted by molar-refractivity contribution is 0.570. The van der Waals surface area contributed by atoms with Gasteiger partial charge in [-0.1, -0.05) is 30.1 Å². The van der Waals surface area contributed by atoms with Gasteiger partial charge in [0.25, 0.3) is 0 Å². The Kier molecular flexibility index (Phi) is 2.63. The maximum atomic E-state index is 9.95. The van der Waals surface area contributed by atoms with Crippen molar-refractivity contribution in [1.82, 2.24) is 5.32 Å². The van der Waals surface area contributed by atoms with E-state index in [0.29, 0.717) is 0 Å². The van der Waals surface area contributed by atoms with Gasteiger partial charge in [0.1, 0.15) is 4.71 Å². The molecule has 0 amide bonds. The average molecular weight is 161 g/mol. The van der Waals surface area contributed by atoms with E-state index in [9.17, 15) is 4.79 Å². The van der Waals surface area contributed by atoms with Crippen LogP contribution in [-0.4, -0.2) is 16.9 Å². The van der Waals surface area contributed by atoms with E-state index in [1.54, 1.807) is 11.8 Å². The Balaban J connectivity index is 2.29. The van der Waals surface area contributed by atoms with Gasteiger partial charge < -0.3 is 0 Å².